The van der Waals surface area contributed by atoms with E-state index in [0.717, 1.165) is 10.2 Å². The van der Waals surface area contributed by atoms with Crippen LogP contribution in [0.15, 0.2) is 28.7 Å². The molecule has 0 aliphatic rings. The first kappa shape index (κ1) is 17.0. The Kier molecular flexibility index (Phi) is 7.02. The molecule has 1 unspecified atom stereocenters. The predicted molar refractivity (Wildman–Crippen MR) is 84.7 cm³/mol. The largest absolute Gasteiger partial charge is 0.488 e. The molecular weight excluding hydrogens is 320 g/mol. The van der Waals surface area contributed by atoms with Crippen molar-refractivity contribution >= 4 is 21.8 Å². The Morgan fingerprint density at radius 1 is 1.35 bits per heavy atom. The van der Waals surface area contributed by atoms with Gasteiger partial charge in [0, 0.05) is 0 Å². The third-order valence-corrected chi connectivity index (χ3v) is 3.45. The van der Waals surface area contributed by atoms with E-state index in [2.05, 4.69) is 21.2 Å². The van der Waals surface area contributed by atoms with Crippen molar-refractivity contribution in [3.8, 4) is 5.75 Å². The molecule has 0 fully saturated rings. The lowest BCUT2D eigenvalue weighted by atomic mass is 10.0. The van der Waals surface area contributed by atoms with Crippen molar-refractivity contribution in [2.24, 2.45) is 11.7 Å². The molecule has 0 saturated heterocycles. The molecule has 3 N–H and O–H groups in total. The zero-order valence-electron chi connectivity index (χ0n) is 12.2. The number of carbonyl (C=O) groups is 1. The van der Waals surface area contributed by atoms with E-state index in [1.54, 1.807) is 0 Å². The van der Waals surface area contributed by atoms with E-state index >= 15 is 0 Å². The topological polar surface area (TPSA) is 64.4 Å². The van der Waals surface area contributed by atoms with E-state index in [-0.39, 0.29) is 12.0 Å². The van der Waals surface area contributed by atoms with Crippen molar-refractivity contribution in [2.45, 2.75) is 39.3 Å². The zero-order valence-corrected chi connectivity index (χ0v) is 13.8. The molecule has 1 aromatic carbocycles. The standard InChI is InChI=1S/C15H23BrN2O2/c1-10(2)8-13(17)15(19)18-9-11(3)20-14-7-5-4-6-12(14)16/h4-7,10-11,13H,8-9,17H2,1-3H3,(H,18,19)/t11?,13-/m0/s1. The van der Waals surface area contributed by atoms with Crippen molar-refractivity contribution < 1.29 is 9.53 Å². The van der Waals surface area contributed by atoms with Crippen LogP contribution in [-0.4, -0.2) is 24.6 Å². The number of carbonyl (C=O) groups excluding carboxylic acids is 1. The smallest absolute Gasteiger partial charge is 0.237 e. The second-order valence-corrected chi connectivity index (χ2v) is 6.19. The van der Waals surface area contributed by atoms with Gasteiger partial charge in [0.15, 0.2) is 0 Å². The Morgan fingerprint density at radius 3 is 2.60 bits per heavy atom. The molecule has 1 rings (SSSR count). The van der Waals surface area contributed by atoms with Gasteiger partial charge in [-0.05, 0) is 47.3 Å². The maximum atomic E-state index is 11.8. The number of nitrogens with one attached hydrogen (secondary N) is 1. The highest BCUT2D eigenvalue weighted by atomic mass is 79.9. The molecule has 1 aromatic rings. The first-order valence-electron chi connectivity index (χ1n) is 6.84. The van der Waals surface area contributed by atoms with Crippen LogP contribution in [0.2, 0.25) is 0 Å². The van der Waals surface area contributed by atoms with Gasteiger partial charge in [-0.3, -0.25) is 4.79 Å². The summed E-state index contributed by atoms with van der Waals surface area (Å²) >= 11 is 3.42. The van der Waals surface area contributed by atoms with Crippen molar-refractivity contribution in [3.05, 3.63) is 28.7 Å². The van der Waals surface area contributed by atoms with Crippen molar-refractivity contribution in [1.29, 1.82) is 0 Å². The van der Waals surface area contributed by atoms with Crippen LogP contribution in [0.4, 0.5) is 0 Å². The van der Waals surface area contributed by atoms with Crippen molar-refractivity contribution in [1.82, 2.24) is 5.32 Å². The van der Waals surface area contributed by atoms with Gasteiger partial charge in [0.2, 0.25) is 5.91 Å². The number of hydrogen-bond acceptors (Lipinski definition) is 3. The molecule has 0 bridgehead atoms. The molecule has 5 heteroatoms. The Labute approximate surface area is 129 Å². The molecule has 0 heterocycles. The van der Waals surface area contributed by atoms with Gasteiger partial charge >= 0.3 is 0 Å². The average molecular weight is 343 g/mol. The molecule has 20 heavy (non-hydrogen) atoms. The van der Waals surface area contributed by atoms with Crippen molar-refractivity contribution in [2.75, 3.05) is 6.54 Å². The van der Waals surface area contributed by atoms with Crippen LogP contribution in [0.1, 0.15) is 27.2 Å². The average Bonchev–Trinajstić information content (AvgIpc) is 2.38. The summed E-state index contributed by atoms with van der Waals surface area (Å²) in [5, 5.41) is 2.82. The van der Waals surface area contributed by atoms with Crippen LogP contribution in [0, 0.1) is 5.92 Å². The van der Waals surface area contributed by atoms with E-state index in [1.807, 2.05) is 45.0 Å². The van der Waals surface area contributed by atoms with Gasteiger partial charge in [0.05, 0.1) is 17.1 Å². The number of nitrogens with two attached hydrogens (primary N) is 1. The molecule has 0 aliphatic carbocycles. The Balaban J connectivity index is 2.38. The fourth-order valence-corrected chi connectivity index (χ4v) is 2.17. The predicted octanol–water partition coefficient (Wildman–Crippen LogP) is 2.71. The highest BCUT2D eigenvalue weighted by Gasteiger charge is 2.16. The van der Waals surface area contributed by atoms with Gasteiger partial charge in [-0.25, -0.2) is 0 Å². The molecular formula is C15H23BrN2O2. The van der Waals surface area contributed by atoms with E-state index in [9.17, 15) is 4.79 Å². The van der Waals surface area contributed by atoms with Gasteiger partial charge in [0.25, 0.3) is 0 Å². The molecule has 112 valence electrons. The second kappa shape index (κ2) is 8.27. The number of amides is 1. The lowest BCUT2D eigenvalue weighted by Gasteiger charge is -2.18. The number of para-hydroxylation sites is 1. The van der Waals surface area contributed by atoms with E-state index < -0.39 is 6.04 Å². The van der Waals surface area contributed by atoms with Crippen LogP contribution >= 0.6 is 15.9 Å². The minimum absolute atomic E-state index is 0.121. The Bertz CT molecular complexity index is 438. The first-order chi connectivity index (χ1) is 9.40. The zero-order chi connectivity index (χ0) is 15.1. The molecule has 1 amide bonds. The summed E-state index contributed by atoms with van der Waals surface area (Å²) < 4.78 is 6.65. The summed E-state index contributed by atoms with van der Waals surface area (Å²) in [7, 11) is 0. The number of halogens is 1. The van der Waals surface area contributed by atoms with E-state index in [1.165, 1.54) is 0 Å². The number of benzene rings is 1. The van der Waals surface area contributed by atoms with Crippen LogP contribution in [-0.2, 0) is 4.79 Å². The molecule has 0 aliphatic heterocycles. The van der Waals surface area contributed by atoms with E-state index in [0.29, 0.717) is 18.9 Å². The third-order valence-electron chi connectivity index (χ3n) is 2.79. The number of hydrogen-bond donors (Lipinski definition) is 2. The Hall–Kier alpha value is -1.07. The minimum atomic E-state index is -0.453. The lowest BCUT2D eigenvalue weighted by Crippen LogP contribution is -2.44. The minimum Gasteiger partial charge on any atom is -0.488 e. The lowest BCUT2D eigenvalue weighted by molar-refractivity contribution is -0.123. The summed E-state index contributed by atoms with van der Waals surface area (Å²) in [6.45, 7) is 6.44. The maximum Gasteiger partial charge on any atom is 0.237 e. The molecule has 2 atom stereocenters. The van der Waals surface area contributed by atoms with Crippen LogP contribution in [0.5, 0.6) is 5.75 Å². The van der Waals surface area contributed by atoms with Gasteiger partial charge in [-0.15, -0.1) is 0 Å². The fraction of sp³-hybridized carbons (Fsp3) is 0.533. The quantitative estimate of drug-likeness (QED) is 0.800. The summed E-state index contributed by atoms with van der Waals surface area (Å²) in [5.74, 6) is 1.05. The molecule has 0 spiro atoms. The van der Waals surface area contributed by atoms with Gasteiger partial charge in [0.1, 0.15) is 11.9 Å². The monoisotopic (exact) mass is 342 g/mol. The van der Waals surface area contributed by atoms with Crippen LogP contribution in [0.3, 0.4) is 0 Å². The van der Waals surface area contributed by atoms with Gasteiger partial charge in [-0.2, -0.15) is 0 Å². The van der Waals surface area contributed by atoms with Gasteiger partial charge < -0.3 is 15.8 Å². The van der Waals surface area contributed by atoms with Gasteiger partial charge in [-0.1, -0.05) is 26.0 Å². The summed E-state index contributed by atoms with van der Waals surface area (Å²) in [5.41, 5.74) is 5.82. The first-order valence-corrected chi connectivity index (χ1v) is 7.64. The fourth-order valence-electron chi connectivity index (χ4n) is 1.79. The molecule has 0 aromatic heterocycles. The van der Waals surface area contributed by atoms with Crippen LogP contribution in [0.25, 0.3) is 0 Å². The molecule has 0 radical (unpaired) electrons. The molecule has 0 saturated carbocycles. The van der Waals surface area contributed by atoms with Crippen molar-refractivity contribution in [3.63, 3.8) is 0 Å². The summed E-state index contributed by atoms with van der Waals surface area (Å²) in [6.07, 6.45) is 0.564. The highest BCUT2D eigenvalue weighted by Crippen LogP contribution is 2.24. The highest BCUT2D eigenvalue weighted by molar-refractivity contribution is 9.10. The third kappa shape index (κ3) is 5.92. The number of ether oxygens (including phenoxy) is 1. The normalized spacial score (nSPS) is 13.9. The summed E-state index contributed by atoms with van der Waals surface area (Å²) in [6, 6.07) is 7.18. The SMILES string of the molecule is CC(C)C[C@H](N)C(=O)NCC(C)Oc1ccccc1Br. The second-order valence-electron chi connectivity index (χ2n) is 5.34. The number of rotatable bonds is 7. The van der Waals surface area contributed by atoms with E-state index in [4.69, 9.17) is 10.5 Å². The maximum absolute atomic E-state index is 11.8. The molecule has 4 nitrogen and oxygen atoms in total. The summed E-state index contributed by atoms with van der Waals surface area (Å²) in [4.78, 5) is 11.8. The Morgan fingerprint density at radius 2 is 2.00 bits per heavy atom. The van der Waals surface area contributed by atoms with Crippen LogP contribution < -0.4 is 15.8 Å².